The first-order chi connectivity index (χ1) is 46.6. The van der Waals surface area contributed by atoms with Gasteiger partial charge < -0.3 is 14.4 Å². The molecule has 94 heavy (non-hydrogen) atoms. The Balaban J connectivity index is 0.761. The first-order valence-corrected chi connectivity index (χ1v) is 31.8. The molecule has 8 nitrogen and oxygen atoms in total. The van der Waals surface area contributed by atoms with E-state index in [4.69, 9.17) is 24.9 Å². The van der Waals surface area contributed by atoms with Crippen LogP contribution in [0.3, 0.4) is 0 Å². The van der Waals surface area contributed by atoms with Gasteiger partial charge in [-0.15, -0.1) is 0 Å². The third kappa shape index (κ3) is 9.36. The summed E-state index contributed by atoms with van der Waals surface area (Å²) in [6.07, 6.45) is 0. The fraction of sp³-hybridized carbons (Fsp3) is 0. The zero-order valence-corrected chi connectivity index (χ0v) is 50.9. The number of hydrogen-bond acceptors (Lipinski definition) is 7. The molecule has 3 aromatic heterocycles. The zero-order chi connectivity index (χ0) is 62.1. The van der Waals surface area contributed by atoms with Gasteiger partial charge in [-0.05, 0) is 130 Å². The van der Waals surface area contributed by atoms with Gasteiger partial charge in [0.1, 0.15) is 0 Å². The molecule has 0 N–H and O–H groups in total. The fourth-order valence-corrected chi connectivity index (χ4v) is 14.1. The normalized spacial score (nSPS) is 12.2. The van der Waals surface area contributed by atoms with Crippen molar-refractivity contribution in [2.24, 2.45) is 0 Å². The summed E-state index contributed by atoms with van der Waals surface area (Å²) in [5, 5.41) is 2.19. The van der Waals surface area contributed by atoms with Crippen LogP contribution >= 0.6 is 0 Å². The molecule has 0 radical (unpaired) electrons. The SMILES string of the molecule is c1ccc(-c2cc(-c3ccccc3)nc(-c3ccc(-n4c5ccccc5c5cc(-c6nc(-c7ccccc7)nc(-c7ccccc7)n6)ccc54)c(-c4ccc(-c5ccc(N6c7ccccc7B7c8ccccc8N(c8ccccc8)c8cccc6c87)cc5)cc4)c3)n2)cc1. The van der Waals surface area contributed by atoms with Crippen molar-refractivity contribution in [3.05, 3.63) is 334 Å². The average Bonchev–Trinajstić information content (AvgIpc) is 0.843. The molecule has 2 aliphatic heterocycles. The summed E-state index contributed by atoms with van der Waals surface area (Å²) in [4.78, 5) is 30.9. The summed E-state index contributed by atoms with van der Waals surface area (Å²) < 4.78 is 2.40. The van der Waals surface area contributed by atoms with Crippen molar-refractivity contribution in [1.82, 2.24) is 29.5 Å². The van der Waals surface area contributed by atoms with Gasteiger partial charge in [0.25, 0.3) is 6.71 Å². The first-order valence-electron chi connectivity index (χ1n) is 31.8. The van der Waals surface area contributed by atoms with Crippen LogP contribution in [0.2, 0.25) is 0 Å². The second-order valence-corrected chi connectivity index (χ2v) is 23.9. The third-order valence-electron chi connectivity index (χ3n) is 18.5. The highest BCUT2D eigenvalue weighted by atomic mass is 15.2. The summed E-state index contributed by atoms with van der Waals surface area (Å²) in [5.41, 5.74) is 25.7. The summed E-state index contributed by atoms with van der Waals surface area (Å²) in [6.45, 7) is 0.0754. The summed E-state index contributed by atoms with van der Waals surface area (Å²) in [7, 11) is 0. The molecule has 13 aromatic carbocycles. The molecular weight excluding hydrogens is 1140 g/mol. The van der Waals surface area contributed by atoms with Crippen LogP contribution in [0.5, 0.6) is 0 Å². The van der Waals surface area contributed by atoms with Crippen molar-refractivity contribution in [2.45, 2.75) is 0 Å². The maximum atomic E-state index is 5.34. The molecule has 0 amide bonds. The molecule has 9 heteroatoms. The number of nitrogens with zero attached hydrogens (tertiary/aromatic N) is 8. The number of aromatic nitrogens is 6. The zero-order valence-electron chi connectivity index (χ0n) is 50.9. The largest absolute Gasteiger partial charge is 0.311 e. The monoisotopic (exact) mass is 1200 g/mol. The van der Waals surface area contributed by atoms with Gasteiger partial charge in [-0.2, -0.15) is 0 Å². The molecule has 0 atom stereocenters. The van der Waals surface area contributed by atoms with Gasteiger partial charge in [0.2, 0.25) is 0 Å². The van der Waals surface area contributed by atoms with Crippen molar-refractivity contribution in [3.63, 3.8) is 0 Å². The number of rotatable bonds is 11. The van der Waals surface area contributed by atoms with E-state index in [1.165, 1.54) is 39.1 Å². The van der Waals surface area contributed by atoms with Gasteiger partial charge in [-0.1, -0.05) is 237 Å². The van der Waals surface area contributed by atoms with Crippen LogP contribution in [-0.2, 0) is 0 Å². The molecule has 0 bridgehead atoms. The molecule has 0 saturated heterocycles. The topological polar surface area (TPSA) is 75.9 Å². The minimum absolute atomic E-state index is 0.0754. The molecule has 0 unspecified atom stereocenters. The second kappa shape index (κ2) is 22.7. The quantitative estimate of drug-likeness (QED) is 0.119. The van der Waals surface area contributed by atoms with E-state index >= 15 is 0 Å². The lowest BCUT2D eigenvalue weighted by Crippen LogP contribution is -2.61. The van der Waals surface area contributed by atoms with Gasteiger partial charge in [0, 0.05) is 83.8 Å². The van der Waals surface area contributed by atoms with Crippen molar-refractivity contribution in [1.29, 1.82) is 0 Å². The van der Waals surface area contributed by atoms with Crippen LogP contribution < -0.4 is 26.2 Å². The molecule has 18 rings (SSSR count). The number of fused-ring (bicyclic) bond motifs is 7. The van der Waals surface area contributed by atoms with Gasteiger partial charge in [0.05, 0.1) is 28.1 Å². The second-order valence-electron chi connectivity index (χ2n) is 23.9. The smallest absolute Gasteiger partial charge is 0.252 e. The van der Waals surface area contributed by atoms with Gasteiger partial charge in [-0.25, -0.2) is 24.9 Å². The van der Waals surface area contributed by atoms with E-state index in [0.29, 0.717) is 23.3 Å². The number of anilines is 6. The summed E-state index contributed by atoms with van der Waals surface area (Å²) >= 11 is 0. The van der Waals surface area contributed by atoms with Crippen LogP contribution in [0.25, 0.3) is 118 Å². The molecule has 0 saturated carbocycles. The average molecular weight is 1200 g/mol. The minimum atomic E-state index is 0.0754. The maximum Gasteiger partial charge on any atom is 0.252 e. The Morgan fingerprint density at radius 2 is 0.638 bits per heavy atom. The van der Waals surface area contributed by atoms with Gasteiger partial charge >= 0.3 is 0 Å². The van der Waals surface area contributed by atoms with E-state index in [0.717, 1.165) is 106 Å². The number of para-hydroxylation sites is 4. The third-order valence-corrected chi connectivity index (χ3v) is 18.5. The highest BCUT2D eigenvalue weighted by molar-refractivity contribution is 7.00. The van der Waals surface area contributed by atoms with Gasteiger partial charge in [-0.3, -0.25) is 0 Å². The molecule has 0 fully saturated rings. The minimum Gasteiger partial charge on any atom is -0.311 e. The van der Waals surface area contributed by atoms with Crippen LogP contribution in [0, 0.1) is 0 Å². The predicted octanol–water partition coefficient (Wildman–Crippen LogP) is 19.2. The van der Waals surface area contributed by atoms with E-state index in [9.17, 15) is 0 Å². The Kier molecular flexibility index (Phi) is 13.1. The van der Waals surface area contributed by atoms with E-state index < -0.39 is 0 Å². The lowest BCUT2D eigenvalue weighted by molar-refractivity contribution is 1.07. The lowest BCUT2D eigenvalue weighted by Gasteiger charge is -2.44. The molecule has 438 valence electrons. The number of hydrogen-bond donors (Lipinski definition) is 0. The summed E-state index contributed by atoms with van der Waals surface area (Å²) in [5.74, 6) is 2.48. The Labute approximate surface area is 544 Å². The van der Waals surface area contributed by atoms with E-state index in [2.05, 4.69) is 275 Å². The van der Waals surface area contributed by atoms with Crippen molar-refractivity contribution in [3.8, 4) is 96.0 Å². The molecule has 2 aliphatic rings. The van der Waals surface area contributed by atoms with Crippen LogP contribution in [-0.4, -0.2) is 36.2 Å². The summed E-state index contributed by atoms with van der Waals surface area (Å²) in [6, 6.07) is 119. The fourth-order valence-electron chi connectivity index (χ4n) is 14.1. The van der Waals surface area contributed by atoms with E-state index in [-0.39, 0.29) is 6.71 Å². The number of benzene rings is 13. The molecular formula is C85H55BN8. The molecule has 0 aliphatic carbocycles. The molecule has 5 heterocycles. The van der Waals surface area contributed by atoms with Crippen LogP contribution in [0.4, 0.5) is 34.1 Å². The van der Waals surface area contributed by atoms with E-state index in [1.54, 1.807) is 0 Å². The van der Waals surface area contributed by atoms with Crippen molar-refractivity contribution in [2.75, 3.05) is 9.80 Å². The highest BCUT2D eigenvalue weighted by Crippen LogP contribution is 2.45. The predicted molar refractivity (Wildman–Crippen MR) is 387 cm³/mol. The van der Waals surface area contributed by atoms with Crippen LogP contribution in [0.15, 0.2) is 334 Å². The molecule has 0 spiro atoms. The van der Waals surface area contributed by atoms with E-state index in [1.807, 2.05) is 72.8 Å². The van der Waals surface area contributed by atoms with Crippen molar-refractivity contribution >= 4 is 79.0 Å². The lowest BCUT2D eigenvalue weighted by atomic mass is 9.33. The van der Waals surface area contributed by atoms with Crippen LogP contribution in [0.1, 0.15) is 0 Å². The standard InChI is InChI=1S/C85H55BN8/c1-6-23-59(24-7-1)72-55-73(60-25-8-2-9-26-60)88-84(87-72)63-47-51-75(94-74-36-19-16-33-67(74)69-54-64(48-52-76(69)94)85-90-82(61-27-10-3-11-28-61)89-83(91-85)62-29-12-4-13-30-62)68(53-63)58-43-41-56(42-44-58)57-45-49-66(50-46-57)93-78-38-21-18-35-71(78)86-70-34-17-20-37-77(70)92(65-31-14-5-15-32-65)79-39-22-40-80(93)81(79)86/h1-55H. The molecule has 16 aromatic rings. The Morgan fingerprint density at radius 3 is 1.21 bits per heavy atom. The Hall–Kier alpha value is -12.6. The highest BCUT2D eigenvalue weighted by Gasteiger charge is 2.43. The first kappa shape index (κ1) is 54.4. The maximum absolute atomic E-state index is 5.34. The van der Waals surface area contributed by atoms with Gasteiger partial charge in [0.15, 0.2) is 23.3 Å². The Bertz CT molecular complexity index is 5440. The Morgan fingerprint density at radius 1 is 0.234 bits per heavy atom. The van der Waals surface area contributed by atoms with Crippen molar-refractivity contribution < 1.29 is 0 Å².